The van der Waals surface area contributed by atoms with Crippen molar-refractivity contribution < 1.29 is 14.4 Å². The van der Waals surface area contributed by atoms with E-state index in [0.717, 1.165) is 28.6 Å². The van der Waals surface area contributed by atoms with Gasteiger partial charge in [-0.1, -0.05) is 26.0 Å². The summed E-state index contributed by atoms with van der Waals surface area (Å²) in [5, 5.41) is 16.0. The first-order valence-electron chi connectivity index (χ1n) is 13.7. The fourth-order valence-corrected chi connectivity index (χ4v) is 5.98. The highest BCUT2D eigenvalue weighted by Gasteiger charge is 2.19. The van der Waals surface area contributed by atoms with Gasteiger partial charge in [-0.2, -0.15) is 9.78 Å². The van der Waals surface area contributed by atoms with Crippen molar-refractivity contribution >= 4 is 54.7 Å². The number of nitro groups is 1. The predicted octanol–water partition coefficient (Wildman–Crippen LogP) is 8.40. The van der Waals surface area contributed by atoms with E-state index >= 15 is 0 Å². The van der Waals surface area contributed by atoms with Gasteiger partial charge >= 0.3 is 0 Å². The molecule has 2 heterocycles. The van der Waals surface area contributed by atoms with Crippen molar-refractivity contribution in [2.24, 2.45) is 5.10 Å². The molecule has 5 aromatic rings. The van der Waals surface area contributed by atoms with Crippen LogP contribution in [-0.4, -0.2) is 32.4 Å². The second-order valence-corrected chi connectivity index (χ2v) is 11.8. The average molecular weight is 721 g/mol. The Bertz CT molecular complexity index is 1950. The lowest BCUT2D eigenvalue weighted by Crippen LogP contribution is -2.21. The number of para-hydroxylation sites is 1. The van der Waals surface area contributed by atoms with Gasteiger partial charge in [0.15, 0.2) is 11.6 Å². The lowest BCUT2D eigenvalue weighted by Gasteiger charge is -2.18. The van der Waals surface area contributed by atoms with Crippen molar-refractivity contribution in [3.63, 3.8) is 0 Å². The van der Waals surface area contributed by atoms with Crippen molar-refractivity contribution in [1.82, 2.24) is 14.6 Å². The van der Waals surface area contributed by atoms with Crippen LogP contribution in [0.3, 0.4) is 0 Å². The largest absolute Gasteiger partial charge is 0.494 e. The van der Waals surface area contributed by atoms with Crippen LogP contribution < -0.4 is 15.0 Å². The summed E-state index contributed by atoms with van der Waals surface area (Å²) in [6.45, 7) is 8.64. The van der Waals surface area contributed by atoms with Crippen LogP contribution in [0, 0.1) is 17.0 Å². The Kier molecular flexibility index (Phi) is 9.21. The predicted molar refractivity (Wildman–Crippen MR) is 177 cm³/mol. The molecule has 2 aromatic heterocycles. The molecule has 224 valence electrons. The van der Waals surface area contributed by atoms with Gasteiger partial charge < -0.3 is 9.47 Å². The van der Waals surface area contributed by atoms with Crippen molar-refractivity contribution in [2.45, 2.75) is 33.6 Å². The van der Waals surface area contributed by atoms with Crippen LogP contribution in [-0.2, 0) is 0 Å². The third-order valence-corrected chi connectivity index (χ3v) is 7.93. The van der Waals surface area contributed by atoms with Crippen LogP contribution >= 0.6 is 31.9 Å². The minimum atomic E-state index is -0.529. The van der Waals surface area contributed by atoms with Gasteiger partial charge in [0.1, 0.15) is 11.9 Å². The van der Waals surface area contributed by atoms with E-state index in [2.05, 4.69) is 55.8 Å². The molecule has 0 bridgehead atoms. The zero-order chi connectivity index (χ0) is 31.5. The topological polar surface area (TPSA) is 122 Å². The van der Waals surface area contributed by atoms with Crippen molar-refractivity contribution in [1.29, 1.82) is 0 Å². The van der Waals surface area contributed by atoms with E-state index in [1.807, 2.05) is 38.1 Å². The van der Waals surface area contributed by atoms with Crippen LogP contribution in [0.25, 0.3) is 22.3 Å². The number of aromatic nitrogens is 3. The Hall–Kier alpha value is -4.42. The summed E-state index contributed by atoms with van der Waals surface area (Å²) in [7, 11) is 0. The molecule has 0 unspecified atom stereocenters. The molecule has 0 spiro atoms. The Morgan fingerprint density at radius 3 is 2.45 bits per heavy atom. The number of nitrogens with zero attached hydrogens (tertiary/aromatic N) is 5. The van der Waals surface area contributed by atoms with E-state index in [4.69, 9.17) is 14.5 Å². The number of hydrogen-bond acceptors (Lipinski definition) is 8. The fourth-order valence-electron chi connectivity index (χ4n) is 4.60. The molecule has 3 aromatic carbocycles. The highest BCUT2D eigenvalue weighted by molar-refractivity contribution is 9.11. The normalized spacial score (nSPS) is 11.4. The third-order valence-electron chi connectivity index (χ3n) is 6.75. The summed E-state index contributed by atoms with van der Waals surface area (Å²) in [6.07, 6.45) is 2.69. The maximum absolute atomic E-state index is 13.8. The number of hydrogen-bond donors (Lipinski definition) is 0. The fraction of sp³-hybridized carbons (Fsp3) is 0.188. The smallest absolute Gasteiger partial charge is 0.287 e. The summed E-state index contributed by atoms with van der Waals surface area (Å²) in [6, 6.07) is 17.5. The molecule has 44 heavy (non-hydrogen) atoms. The van der Waals surface area contributed by atoms with Crippen molar-refractivity contribution in [3.8, 4) is 28.8 Å². The van der Waals surface area contributed by atoms with Crippen LogP contribution in [0.5, 0.6) is 17.4 Å². The Morgan fingerprint density at radius 2 is 1.82 bits per heavy atom. The first-order chi connectivity index (χ1) is 21.1. The maximum Gasteiger partial charge on any atom is 0.287 e. The molecule has 0 saturated heterocycles. The lowest BCUT2D eigenvalue weighted by atomic mass is 9.96. The summed E-state index contributed by atoms with van der Waals surface area (Å²) in [4.78, 5) is 33.1. The Balaban J connectivity index is 1.58. The van der Waals surface area contributed by atoms with Crippen molar-refractivity contribution in [3.05, 3.63) is 113 Å². The summed E-state index contributed by atoms with van der Waals surface area (Å²) in [5.41, 5.74) is 3.48. The molecule has 12 heteroatoms. The standard InChI is InChI=1S/C32H27Br2N5O5/c1-5-43-28-12-19(4)24(15-23(28)18(2)3)31-37-27-9-7-6-8-22(27)32(40)38(31)36-16-20-13-25(33)30(26(34)14-20)44-29-11-10-21(17-35-29)39(41)42/h6-18H,5H2,1-4H3. The molecule has 0 saturated carbocycles. The minimum absolute atomic E-state index is 0.138. The van der Waals surface area contributed by atoms with E-state index in [1.54, 1.807) is 30.5 Å². The van der Waals surface area contributed by atoms with Crippen LogP contribution in [0.4, 0.5) is 5.69 Å². The summed E-state index contributed by atoms with van der Waals surface area (Å²) in [5.74, 6) is 2.00. The molecule has 0 aliphatic carbocycles. The zero-order valence-electron chi connectivity index (χ0n) is 24.2. The monoisotopic (exact) mass is 719 g/mol. The molecular formula is C32H27Br2N5O5. The minimum Gasteiger partial charge on any atom is -0.494 e. The van der Waals surface area contributed by atoms with E-state index in [-0.39, 0.29) is 23.0 Å². The van der Waals surface area contributed by atoms with Gasteiger partial charge in [0, 0.05) is 17.7 Å². The first-order valence-corrected chi connectivity index (χ1v) is 15.3. The highest BCUT2D eigenvalue weighted by Crippen LogP contribution is 2.38. The lowest BCUT2D eigenvalue weighted by molar-refractivity contribution is -0.385. The molecule has 0 amide bonds. The Labute approximate surface area is 269 Å². The molecule has 0 aliphatic heterocycles. The molecule has 5 rings (SSSR count). The van der Waals surface area contributed by atoms with E-state index in [1.165, 1.54) is 16.8 Å². The maximum atomic E-state index is 13.8. The van der Waals surface area contributed by atoms with Crippen LogP contribution in [0.2, 0.25) is 0 Å². The summed E-state index contributed by atoms with van der Waals surface area (Å²) < 4.78 is 14.2. The van der Waals surface area contributed by atoms with Gasteiger partial charge in [0.05, 0.1) is 37.6 Å². The number of fused-ring (bicyclic) bond motifs is 1. The first kappa shape index (κ1) is 31.0. The van der Waals surface area contributed by atoms with Gasteiger partial charge in [0.25, 0.3) is 11.2 Å². The van der Waals surface area contributed by atoms with Gasteiger partial charge in [-0.05, 0) is 105 Å². The average Bonchev–Trinajstić information content (AvgIpc) is 2.99. The number of rotatable bonds is 9. The van der Waals surface area contributed by atoms with E-state index in [0.29, 0.717) is 43.6 Å². The summed E-state index contributed by atoms with van der Waals surface area (Å²) >= 11 is 7.05. The van der Waals surface area contributed by atoms with Gasteiger partial charge in [-0.3, -0.25) is 14.9 Å². The molecule has 0 fully saturated rings. The molecule has 0 atom stereocenters. The SMILES string of the molecule is CCOc1cc(C)c(-c2nc3ccccc3c(=O)n2N=Cc2cc(Br)c(Oc3ccc([N+](=O)[O-])cn3)c(Br)c2)cc1C(C)C. The van der Waals surface area contributed by atoms with Gasteiger partial charge in [0.2, 0.25) is 5.88 Å². The molecular weight excluding hydrogens is 694 g/mol. The second kappa shape index (κ2) is 13.1. The number of benzene rings is 3. The molecule has 0 N–H and O–H groups in total. The van der Waals surface area contributed by atoms with Crippen molar-refractivity contribution in [2.75, 3.05) is 6.61 Å². The van der Waals surface area contributed by atoms with E-state index in [9.17, 15) is 14.9 Å². The number of pyridine rings is 1. The van der Waals surface area contributed by atoms with Crippen LogP contribution in [0.1, 0.15) is 43.4 Å². The third kappa shape index (κ3) is 6.41. The van der Waals surface area contributed by atoms with Gasteiger partial charge in [-0.25, -0.2) is 9.97 Å². The van der Waals surface area contributed by atoms with Gasteiger partial charge in [-0.15, -0.1) is 0 Å². The highest BCUT2D eigenvalue weighted by atomic mass is 79.9. The second-order valence-electron chi connectivity index (χ2n) is 10.1. The molecule has 10 nitrogen and oxygen atoms in total. The quantitative estimate of drug-likeness (QED) is 0.0852. The van der Waals surface area contributed by atoms with E-state index < -0.39 is 4.92 Å². The number of ether oxygens (including phenoxy) is 2. The Morgan fingerprint density at radius 1 is 1.09 bits per heavy atom. The molecule has 0 radical (unpaired) electrons. The zero-order valence-corrected chi connectivity index (χ0v) is 27.4. The number of aryl methyl sites for hydroxylation is 1. The molecule has 0 aliphatic rings. The van der Waals surface area contributed by atoms with Crippen LogP contribution in [0.15, 0.2) is 85.7 Å². The number of halogens is 2.